The number of ether oxygens (including phenoxy) is 1. The lowest BCUT2D eigenvalue weighted by Crippen LogP contribution is -2.50. The SMILES string of the molecule is COc1ccc(CC(C)C(=O)N2Cc3ccccc3CC2C(=O)O)cc1. The van der Waals surface area contributed by atoms with Gasteiger partial charge in [-0.3, -0.25) is 4.79 Å². The van der Waals surface area contributed by atoms with Gasteiger partial charge in [0.05, 0.1) is 7.11 Å². The molecule has 0 radical (unpaired) electrons. The molecular weight excluding hydrogens is 330 g/mol. The third-order valence-corrected chi connectivity index (χ3v) is 4.94. The summed E-state index contributed by atoms with van der Waals surface area (Å²) >= 11 is 0. The number of hydrogen-bond acceptors (Lipinski definition) is 3. The molecule has 1 N–H and O–H groups in total. The van der Waals surface area contributed by atoms with Crippen LogP contribution in [0.5, 0.6) is 5.75 Å². The highest BCUT2D eigenvalue weighted by Crippen LogP contribution is 2.26. The molecule has 0 aliphatic carbocycles. The molecule has 3 rings (SSSR count). The molecule has 1 aliphatic rings. The van der Waals surface area contributed by atoms with Crippen molar-refractivity contribution in [1.29, 1.82) is 0 Å². The molecule has 0 bridgehead atoms. The molecular formula is C21H23NO4. The summed E-state index contributed by atoms with van der Waals surface area (Å²) in [4.78, 5) is 26.2. The van der Waals surface area contributed by atoms with Crippen LogP contribution in [0.25, 0.3) is 0 Å². The standard InChI is InChI=1S/C21H23NO4/c1-14(11-15-7-9-18(26-2)10-8-15)20(23)22-13-17-6-4-3-5-16(17)12-19(22)21(24)25/h3-10,14,19H,11-13H2,1-2H3,(H,24,25). The Morgan fingerprint density at radius 2 is 1.81 bits per heavy atom. The van der Waals surface area contributed by atoms with Crippen molar-refractivity contribution in [1.82, 2.24) is 4.90 Å². The fourth-order valence-corrected chi connectivity index (χ4v) is 3.46. The number of carboxylic acid groups (broad SMARTS) is 1. The number of aliphatic carboxylic acids is 1. The highest BCUT2D eigenvalue weighted by Gasteiger charge is 2.36. The van der Waals surface area contributed by atoms with Crippen molar-refractivity contribution in [3.8, 4) is 5.75 Å². The Kier molecular flexibility index (Phi) is 5.26. The minimum atomic E-state index is -0.954. The molecule has 2 aromatic carbocycles. The van der Waals surface area contributed by atoms with E-state index in [-0.39, 0.29) is 11.8 Å². The van der Waals surface area contributed by atoms with E-state index in [1.807, 2.05) is 55.5 Å². The molecule has 26 heavy (non-hydrogen) atoms. The summed E-state index contributed by atoms with van der Waals surface area (Å²) in [6.45, 7) is 2.20. The van der Waals surface area contributed by atoms with E-state index in [2.05, 4.69) is 0 Å². The van der Waals surface area contributed by atoms with Crippen LogP contribution in [0.1, 0.15) is 23.6 Å². The number of carboxylic acids is 1. The van der Waals surface area contributed by atoms with Gasteiger partial charge in [-0.15, -0.1) is 0 Å². The first kappa shape index (κ1) is 18.0. The summed E-state index contributed by atoms with van der Waals surface area (Å²) in [7, 11) is 1.61. The van der Waals surface area contributed by atoms with Gasteiger partial charge in [0.15, 0.2) is 0 Å². The first-order chi connectivity index (χ1) is 12.5. The summed E-state index contributed by atoms with van der Waals surface area (Å²) in [5.74, 6) is -0.603. The first-order valence-electron chi connectivity index (χ1n) is 8.72. The zero-order valence-corrected chi connectivity index (χ0v) is 15.0. The fourth-order valence-electron chi connectivity index (χ4n) is 3.46. The number of nitrogens with zero attached hydrogens (tertiary/aromatic N) is 1. The van der Waals surface area contributed by atoms with Crippen LogP contribution in [-0.4, -0.2) is 35.0 Å². The smallest absolute Gasteiger partial charge is 0.326 e. The summed E-state index contributed by atoms with van der Waals surface area (Å²) < 4.78 is 5.15. The number of methoxy groups -OCH3 is 1. The average Bonchev–Trinajstić information content (AvgIpc) is 2.66. The first-order valence-corrected chi connectivity index (χ1v) is 8.72. The zero-order valence-electron chi connectivity index (χ0n) is 15.0. The second-order valence-electron chi connectivity index (χ2n) is 6.75. The Balaban J connectivity index is 1.76. The maximum atomic E-state index is 13.0. The molecule has 5 heteroatoms. The zero-order chi connectivity index (χ0) is 18.7. The quantitative estimate of drug-likeness (QED) is 0.897. The molecule has 0 saturated heterocycles. The summed E-state index contributed by atoms with van der Waals surface area (Å²) in [5, 5.41) is 9.60. The van der Waals surface area contributed by atoms with Crippen molar-refractivity contribution >= 4 is 11.9 Å². The van der Waals surface area contributed by atoms with E-state index in [0.717, 1.165) is 22.4 Å². The topological polar surface area (TPSA) is 66.8 Å². The normalized spacial score (nSPS) is 17.3. The molecule has 1 amide bonds. The lowest BCUT2D eigenvalue weighted by Gasteiger charge is -2.36. The van der Waals surface area contributed by atoms with Crippen molar-refractivity contribution in [2.24, 2.45) is 5.92 Å². The number of carbonyl (C=O) groups excluding carboxylic acids is 1. The van der Waals surface area contributed by atoms with Gasteiger partial charge in [-0.05, 0) is 35.2 Å². The molecule has 1 aliphatic heterocycles. The Morgan fingerprint density at radius 1 is 1.15 bits per heavy atom. The molecule has 5 nitrogen and oxygen atoms in total. The van der Waals surface area contributed by atoms with Crippen molar-refractivity contribution in [2.75, 3.05) is 7.11 Å². The van der Waals surface area contributed by atoms with E-state index in [9.17, 15) is 14.7 Å². The molecule has 0 fully saturated rings. The average molecular weight is 353 g/mol. The number of fused-ring (bicyclic) bond motifs is 1. The van der Waals surface area contributed by atoms with Crippen LogP contribution in [0, 0.1) is 5.92 Å². The van der Waals surface area contributed by atoms with E-state index in [4.69, 9.17) is 4.74 Å². The Morgan fingerprint density at radius 3 is 2.42 bits per heavy atom. The molecule has 1 heterocycles. The van der Waals surface area contributed by atoms with Gasteiger partial charge in [-0.25, -0.2) is 4.79 Å². The van der Waals surface area contributed by atoms with E-state index in [1.165, 1.54) is 4.90 Å². The van der Waals surface area contributed by atoms with Crippen LogP contribution in [0.15, 0.2) is 48.5 Å². The maximum absolute atomic E-state index is 13.0. The summed E-state index contributed by atoms with van der Waals surface area (Å²) in [6, 6.07) is 14.5. The molecule has 0 saturated carbocycles. The predicted octanol–water partition coefficient (Wildman–Crippen LogP) is 2.91. The Bertz CT molecular complexity index is 800. The number of amides is 1. The van der Waals surface area contributed by atoms with Gasteiger partial charge in [-0.1, -0.05) is 43.3 Å². The van der Waals surface area contributed by atoms with Gasteiger partial charge in [0.25, 0.3) is 0 Å². The van der Waals surface area contributed by atoms with E-state index in [0.29, 0.717) is 19.4 Å². The summed E-state index contributed by atoms with van der Waals surface area (Å²) in [6.07, 6.45) is 0.916. The number of benzene rings is 2. The summed E-state index contributed by atoms with van der Waals surface area (Å²) in [5.41, 5.74) is 3.05. The number of carbonyl (C=O) groups is 2. The lowest BCUT2D eigenvalue weighted by atomic mass is 9.91. The third kappa shape index (κ3) is 3.72. The third-order valence-electron chi connectivity index (χ3n) is 4.94. The van der Waals surface area contributed by atoms with Gasteiger partial charge in [-0.2, -0.15) is 0 Å². The van der Waals surface area contributed by atoms with E-state index >= 15 is 0 Å². The van der Waals surface area contributed by atoms with Crippen LogP contribution in [0.2, 0.25) is 0 Å². The molecule has 2 aromatic rings. The minimum absolute atomic E-state index is 0.122. The van der Waals surface area contributed by atoms with E-state index in [1.54, 1.807) is 7.11 Å². The van der Waals surface area contributed by atoms with Crippen molar-refractivity contribution in [3.63, 3.8) is 0 Å². The molecule has 2 atom stereocenters. The van der Waals surface area contributed by atoms with E-state index < -0.39 is 12.0 Å². The predicted molar refractivity (Wildman–Crippen MR) is 98.0 cm³/mol. The van der Waals surface area contributed by atoms with Crippen molar-refractivity contribution < 1.29 is 19.4 Å². The second kappa shape index (κ2) is 7.60. The Hall–Kier alpha value is -2.82. The second-order valence-corrected chi connectivity index (χ2v) is 6.75. The van der Waals surface area contributed by atoms with Gasteiger partial charge in [0, 0.05) is 18.9 Å². The van der Waals surface area contributed by atoms with Crippen LogP contribution >= 0.6 is 0 Å². The maximum Gasteiger partial charge on any atom is 0.326 e. The molecule has 136 valence electrons. The molecule has 0 aromatic heterocycles. The highest BCUT2D eigenvalue weighted by molar-refractivity contribution is 5.86. The number of hydrogen-bond donors (Lipinski definition) is 1. The van der Waals surface area contributed by atoms with Crippen LogP contribution in [0.3, 0.4) is 0 Å². The van der Waals surface area contributed by atoms with Crippen LogP contribution in [0.4, 0.5) is 0 Å². The van der Waals surface area contributed by atoms with Crippen molar-refractivity contribution in [2.45, 2.75) is 32.4 Å². The van der Waals surface area contributed by atoms with Gasteiger partial charge < -0.3 is 14.7 Å². The largest absolute Gasteiger partial charge is 0.497 e. The van der Waals surface area contributed by atoms with Gasteiger partial charge >= 0.3 is 5.97 Å². The van der Waals surface area contributed by atoms with Gasteiger partial charge in [0.1, 0.15) is 11.8 Å². The van der Waals surface area contributed by atoms with Crippen LogP contribution in [-0.2, 0) is 29.0 Å². The fraction of sp³-hybridized carbons (Fsp3) is 0.333. The monoisotopic (exact) mass is 353 g/mol. The molecule has 2 unspecified atom stereocenters. The van der Waals surface area contributed by atoms with Gasteiger partial charge in [0.2, 0.25) is 5.91 Å². The minimum Gasteiger partial charge on any atom is -0.497 e. The van der Waals surface area contributed by atoms with Crippen LogP contribution < -0.4 is 4.74 Å². The Labute approximate surface area is 153 Å². The highest BCUT2D eigenvalue weighted by atomic mass is 16.5. The van der Waals surface area contributed by atoms with Crippen molar-refractivity contribution in [3.05, 3.63) is 65.2 Å². The molecule has 0 spiro atoms. The number of rotatable bonds is 5. The lowest BCUT2D eigenvalue weighted by molar-refractivity contribution is -0.153.